The van der Waals surface area contributed by atoms with Crippen LogP contribution in [0.4, 0.5) is 5.95 Å². The lowest BCUT2D eigenvalue weighted by Gasteiger charge is -2.31. The molecule has 6 nitrogen and oxygen atoms in total. The van der Waals surface area contributed by atoms with Crippen molar-refractivity contribution in [2.45, 2.75) is 39.0 Å². The number of aromatic amines is 1. The Kier molecular flexibility index (Phi) is 6.15. The van der Waals surface area contributed by atoms with E-state index >= 15 is 0 Å². The first-order chi connectivity index (χ1) is 13.7. The molecule has 0 saturated carbocycles. The quantitative estimate of drug-likeness (QED) is 0.753. The highest BCUT2D eigenvalue weighted by Gasteiger charge is 2.26. The molecule has 0 aliphatic carbocycles. The summed E-state index contributed by atoms with van der Waals surface area (Å²) in [6.07, 6.45) is 5.52. The fourth-order valence-corrected chi connectivity index (χ4v) is 4.59. The van der Waals surface area contributed by atoms with Gasteiger partial charge in [0.1, 0.15) is 0 Å². The van der Waals surface area contributed by atoms with Gasteiger partial charge in [-0.15, -0.1) is 0 Å². The van der Waals surface area contributed by atoms with Crippen molar-refractivity contribution < 1.29 is 4.79 Å². The minimum absolute atomic E-state index is 0.135. The van der Waals surface area contributed by atoms with Crippen molar-refractivity contribution in [3.05, 3.63) is 24.3 Å². The topological polar surface area (TPSA) is 64.3 Å². The summed E-state index contributed by atoms with van der Waals surface area (Å²) in [6, 6.07) is 8.11. The number of anilines is 1. The van der Waals surface area contributed by atoms with Gasteiger partial charge in [0.2, 0.25) is 11.9 Å². The predicted molar refractivity (Wildman–Crippen MR) is 113 cm³/mol. The van der Waals surface area contributed by atoms with Crippen LogP contribution < -0.4 is 10.2 Å². The monoisotopic (exact) mass is 383 g/mol. The molecule has 2 saturated heterocycles. The molecule has 2 aromatic rings. The van der Waals surface area contributed by atoms with Crippen LogP contribution in [0.2, 0.25) is 0 Å². The third-order valence-electron chi connectivity index (χ3n) is 6.23. The number of imidazole rings is 1. The van der Waals surface area contributed by atoms with Crippen molar-refractivity contribution in [1.82, 2.24) is 20.2 Å². The minimum atomic E-state index is 0.135. The number of nitrogens with zero attached hydrogens (tertiary/aromatic N) is 3. The van der Waals surface area contributed by atoms with Crippen LogP contribution in [0, 0.1) is 11.8 Å². The number of nitrogens with one attached hydrogen (secondary N) is 2. The Labute approximate surface area is 167 Å². The molecule has 0 radical (unpaired) electrons. The minimum Gasteiger partial charge on any atom is -0.356 e. The van der Waals surface area contributed by atoms with E-state index in [9.17, 15) is 4.79 Å². The number of benzene rings is 1. The molecule has 2 fully saturated rings. The lowest BCUT2D eigenvalue weighted by Crippen LogP contribution is -2.42. The Morgan fingerprint density at radius 3 is 2.82 bits per heavy atom. The Hall–Kier alpha value is -2.08. The van der Waals surface area contributed by atoms with Crippen LogP contribution in [0.3, 0.4) is 0 Å². The van der Waals surface area contributed by atoms with E-state index in [-0.39, 0.29) is 11.8 Å². The summed E-state index contributed by atoms with van der Waals surface area (Å²) in [4.78, 5) is 25.4. The van der Waals surface area contributed by atoms with Crippen LogP contribution in [0.1, 0.15) is 39.0 Å². The zero-order valence-corrected chi connectivity index (χ0v) is 17.0. The molecular weight excluding hydrogens is 350 g/mol. The third-order valence-corrected chi connectivity index (χ3v) is 6.23. The van der Waals surface area contributed by atoms with E-state index in [1.165, 1.54) is 25.9 Å². The first kappa shape index (κ1) is 19.2. The molecule has 0 bridgehead atoms. The summed E-state index contributed by atoms with van der Waals surface area (Å²) in [7, 11) is 0. The molecular formula is C22H33N5O. The standard InChI is InChI=1S/C22H33N5O/c1-17-6-4-12-26(16-17)13-5-11-23-21(28)18-9-14-27(15-10-18)22-24-19-7-2-3-8-20(19)25-22/h2-3,7-8,17-18H,4-6,9-16H2,1H3,(H,23,28)(H,24,25)/t17-/m1/s1. The average molecular weight is 384 g/mol. The molecule has 0 spiro atoms. The first-order valence-corrected chi connectivity index (χ1v) is 10.9. The molecule has 1 atom stereocenters. The number of rotatable bonds is 6. The molecule has 28 heavy (non-hydrogen) atoms. The number of fused-ring (bicyclic) bond motifs is 1. The largest absolute Gasteiger partial charge is 0.356 e. The van der Waals surface area contributed by atoms with Gasteiger partial charge in [0.05, 0.1) is 11.0 Å². The zero-order valence-electron chi connectivity index (χ0n) is 17.0. The van der Waals surface area contributed by atoms with E-state index in [2.05, 4.69) is 38.1 Å². The van der Waals surface area contributed by atoms with Crippen molar-refractivity contribution in [2.24, 2.45) is 11.8 Å². The summed E-state index contributed by atoms with van der Waals surface area (Å²) < 4.78 is 0. The number of carbonyl (C=O) groups excluding carboxylic acids is 1. The molecule has 1 aromatic carbocycles. The van der Waals surface area contributed by atoms with E-state index in [4.69, 9.17) is 0 Å². The Morgan fingerprint density at radius 1 is 1.21 bits per heavy atom. The van der Waals surface area contributed by atoms with Gasteiger partial charge in [0, 0.05) is 32.1 Å². The van der Waals surface area contributed by atoms with Crippen molar-refractivity contribution >= 4 is 22.9 Å². The molecule has 1 aromatic heterocycles. The lowest BCUT2D eigenvalue weighted by atomic mass is 9.96. The van der Waals surface area contributed by atoms with Gasteiger partial charge in [-0.25, -0.2) is 4.98 Å². The first-order valence-electron chi connectivity index (χ1n) is 10.9. The number of hydrogen-bond donors (Lipinski definition) is 2. The average Bonchev–Trinajstić information content (AvgIpc) is 3.15. The number of carbonyl (C=O) groups is 1. The Morgan fingerprint density at radius 2 is 2.04 bits per heavy atom. The Balaban J connectivity index is 1.17. The number of likely N-dealkylation sites (tertiary alicyclic amines) is 1. The molecule has 6 heteroatoms. The van der Waals surface area contributed by atoms with Gasteiger partial charge >= 0.3 is 0 Å². The lowest BCUT2D eigenvalue weighted by molar-refractivity contribution is -0.125. The second-order valence-corrected chi connectivity index (χ2v) is 8.53. The SMILES string of the molecule is C[C@@H]1CCCN(CCCNC(=O)C2CCN(c3nc4ccccc4[nH]3)CC2)C1. The molecule has 2 aliphatic rings. The molecule has 2 aliphatic heterocycles. The smallest absolute Gasteiger partial charge is 0.223 e. The van der Waals surface area contributed by atoms with Crippen LogP contribution in [-0.4, -0.2) is 60.0 Å². The van der Waals surface area contributed by atoms with E-state index in [1.54, 1.807) is 0 Å². The number of H-pyrrole nitrogens is 1. The van der Waals surface area contributed by atoms with Gasteiger partial charge in [-0.2, -0.15) is 0 Å². The van der Waals surface area contributed by atoms with Gasteiger partial charge in [-0.05, 0) is 63.2 Å². The van der Waals surface area contributed by atoms with Crippen LogP contribution in [-0.2, 0) is 4.79 Å². The van der Waals surface area contributed by atoms with Crippen LogP contribution in [0.15, 0.2) is 24.3 Å². The Bertz CT molecular complexity index is 747. The van der Waals surface area contributed by atoms with E-state index < -0.39 is 0 Å². The highest BCUT2D eigenvalue weighted by molar-refractivity contribution is 5.79. The molecule has 4 rings (SSSR count). The summed E-state index contributed by atoms with van der Waals surface area (Å²) in [5, 5.41) is 3.17. The maximum Gasteiger partial charge on any atom is 0.223 e. The number of aromatic nitrogens is 2. The van der Waals surface area contributed by atoms with Gasteiger partial charge in [-0.3, -0.25) is 4.79 Å². The van der Waals surface area contributed by atoms with E-state index in [1.807, 2.05) is 18.2 Å². The number of para-hydroxylation sites is 2. The number of hydrogen-bond acceptors (Lipinski definition) is 4. The summed E-state index contributed by atoms with van der Waals surface area (Å²) in [5.41, 5.74) is 2.07. The summed E-state index contributed by atoms with van der Waals surface area (Å²) >= 11 is 0. The maximum absolute atomic E-state index is 12.5. The number of piperidine rings is 2. The second-order valence-electron chi connectivity index (χ2n) is 8.53. The number of amides is 1. The van der Waals surface area contributed by atoms with Crippen molar-refractivity contribution in [3.63, 3.8) is 0 Å². The highest BCUT2D eigenvalue weighted by Crippen LogP contribution is 2.23. The highest BCUT2D eigenvalue weighted by atomic mass is 16.1. The van der Waals surface area contributed by atoms with Gasteiger partial charge < -0.3 is 20.1 Å². The maximum atomic E-state index is 12.5. The molecule has 2 N–H and O–H groups in total. The van der Waals surface area contributed by atoms with Crippen molar-refractivity contribution in [1.29, 1.82) is 0 Å². The van der Waals surface area contributed by atoms with Gasteiger partial charge in [0.25, 0.3) is 0 Å². The van der Waals surface area contributed by atoms with E-state index in [0.29, 0.717) is 0 Å². The van der Waals surface area contributed by atoms with Crippen LogP contribution in [0.5, 0.6) is 0 Å². The third kappa shape index (κ3) is 4.66. The van der Waals surface area contributed by atoms with E-state index in [0.717, 1.165) is 68.3 Å². The summed E-state index contributed by atoms with van der Waals surface area (Å²) in [6.45, 7) is 8.44. The molecule has 152 valence electrons. The second kappa shape index (κ2) is 8.95. The fraction of sp³-hybridized carbons (Fsp3) is 0.636. The molecule has 1 amide bonds. The van der Waals surface area contributed by atoms with Crippen LogP contribution in [0.25, 0.3) is 11.0 Å². The van der Waals surface area contributed by atoms with Crippen molar-refractivity contribution in [2.75, 3.05) is 44.2 Å². The fourth-order valence-electron chi connectivity index (χ4n) is 4.59. The van der Waals surface area contributed by atoms with Gasteiger partial charge in [0.15, 0.2) is 0 Å². The molecule has 3 heterocycles. The van der Waals surface area contributed by atoms with Gasteiger partial charge in [-0.1, -0.05) is 19.1 Å². The van der Waals surface area contributed by atoms with Crippen molar-refractivity contribution in [3.8, 4) is 0 Å². The zero-order chi connectivity index (χ0) is 19.3. The van der Waals surface area contributed by atoms with Crippen LogP contribution >= 0.6 is 0 Å². The predicted octanol–water partition coefficient (Wildman–Crippen LogP) is 3.02. The molecule has 0 unspecified atom stereocenters. The normalized spacial score (nSPS) is 21.9. The summed E-state index contributed by atoms with van der Waals surface area (Å²) in [5.74, 6) is 2.11.